The van der Waals surface area contributed by atoms with Crippen LogP contribution in [0.4, 0.5) is 4.79 Å². The first kappa shape index (κ1) is 15.9. The van der Waals surface area contributed by atoms with Gasteiger partial charge >= 0.3 is 6.03 Å². The Balaban J connectivity index is 2.08. The molecule has 2 fully saturated rings. The third-order valence-corrected chi connectivity index (χ3v) is 4.67. The molecule has 2 heterocycles. The lowest BCUT2D eigenvalue weighted by molar-refractivity contribution is -0.144. The number of carbonyl (C=O) groups excluding carboxylic acids is 3. The zero-order valence-corrected chi connectivity index (χ0v) is 13.1. The second-order valence-electron chi connectivity index (χ2n) is 6.67. The van der Waals surface area contributed by atoms with E-state index in [-0.39, 0.29) is 11.3 Å². The van der Waals surface area contributed by atoms with Crippen LogP contribution in [0.5, 0.6) is 0 Å². The van der Waals surface area contributed by atoms with Crippen LogP contribution in [0.3, 0.4) is 0 Å². The predicted molar refractivity (Wildman–Crippen MR) is 78.5 cm³/mol. The number of urea groups is 1. The minimum atomic E-state index is -0.706. The highest BCUT2D eigenvalue weighted by Crippen LogP contribution is 2.32. The summed E-state index contributed by atoms with van der Waals surface area (Å²) in [5, 5.41) is 2.33. The molecule has 0 saturated carbocycles. The van der Waals surface area contributed by atoms with Crippen LogP contribution in [0.2, 0.25) is 0 Å². The number of nitrogens with zero attached hydrogens (tertiary/aromatic N) is 2. The summed E-state index contributed by atoms with van der Waals surface area (Å²) >= 11 is 0. The van der Waals surface area contributed by atoms with Crippen LogP contribution >= 0.6 is 0 Å². The third kappa shape index (κ3) is 3.43. The molecule has 6 heteroatoms. The standard InChI is InChI=1S/C15H25N3O3/c1-4-5-11-12(19)16-14(21)18(13(11)20)10-15(2)6-8-17(3)9-7-15/h11H,4-10H2,1-3H3,(H,16,19,21). The lowest BCUT2D eigenvalue weighted by Gasteiger charge is -2.42. The molecule has 1 N–H and O–H groups in total. The molecule has 0 spiro atoms. The van der Waals surface area contributed by atoms with Gasteiger partial charge in [0.15, 0.2) is 0 Å². The highest BCUT2D eigenvalue weighted by Gasteiger charge is 2.43. The van der Waals surface area contributed by atoms with Crippen molar-refractivity contribution in [2.45, 2.75) is 39.5 Å². The number of hydrogen-bond donors (Lipinski definition) is 1. The van der Waals surface area contributed by atoms with Crippen molar-refractivity contribution in [1.82, 2.24) is 15.1 Å². The molecule has 0 aromatic carbocycles. The molecule has 2 saturated heterocycles. The van der Waals surface area contributed by atoms with Crippen LogP contribution in [0.25, 0.3) is 0 Å². The van der Waals surface area contributed by atoms with E-state index < -0.39 is 17.9 Å². The summed E-state index contributed by atoms with van der Waals surface area (Å²) in [6.07, 6.45) is 3.14. The molecule has 2 rings (SSSR count). The average Bonchev–Trinajstić information content (AvgIpc) is 2.43. The molecule has 2 aliphatic rings. The normalized spacial score (nSPS) is 26.9. The van der Waals surface area contributed by atoms with Crippen molar-refractivity contribution in [3.8, 4) is 0 Å². The third-order valence-electron chi connectivity index (χ3n) is 4.67. The Morgan fingerprint density at radius 3 is 2.43 bits per heavy atom. The summed E-state index contributed by atoms with van der Waals surface area (Å²) in [4.78, 5) is 39.7. The Kier molecular flexibility index (Phi) is 4.66. The van der Waals surface area contributed by atoms with Crippen LogP contribution < -0.4 is 5.32 Å². The molecule has 1 atom stereocenters. The van der Waals surface area contributed by atoms with Crippen LogP contribution in [0.1, 0.15) is 39.5 Å². The lowest BCUT2D eigenvalue weighted by atomic mass is 9.79. The first-order valence-electron chi connectivity index (χ1n) is 7.71. The fraction of sp³-hybridized carbons (Fsp3) is 0.800. The van der Waals surface area contributed by atoms with Gasteiger partial charge in [0.1, 0.15) is 5.92 Å². The van der Waals surface area contributed by atoms with E-state index >= 15 is 0 Å². The number of rotatable bonds is 4. The summed E-state index contributed by atoms with van der Waals surface area (Å²) in [5.74, 6) is -1.48. The van der Waals surface area contributed by atoms with Gasteiger partial charge in [-0.2, -0.15) is 0 Å². The summed E-state index contributed by atoms with van der Waals surface area (Å²) in [6.45, 7) is 6.39. The van der Waals surface area contributed by atoms with Crippen LogP contribution in [0, 0.1) is 11.3 Å². The smallest absolute Gasteiger partial charge is 0.306 e. The average molecular weight is 295 g/mol. The topological polar surface area (TPSA) is 69.7 Å². The maximum atomic E-state index is 12.5. The van der Waals surface area contributed by atoms with Gasteiger partial charge in [0.05, 0.1) is 0 Å². The van der Waals surface area contributed by atoms with Crippen molar-refractivity contribution in [3.63, 3.8) is 0 Å². The number of amides is 4. The lowest BCUT2D eigenvalue weighted by Crippen LogP contribution is -2.60. The van der Waals surface area contributed by atoms with E-state index in [4.69, 9.17) is 0 Å². The molecule has 1 unspecified atom stereocenters. The Morgan fingerprint density at radius 2 is 1.86 bits per heavy atom. The van der Waals surface area contributed by atoms with Gasteiger partial charge in [0, 0.05) is 6.54 Å². The molecular formula is C15H25N3O3. The molecule has 6 nitrogen and oxygen atoms in total. The summed E-state index contributed by atoms with van der Waals surface area (Å²) in [7, 11) is 2.08. The second-order valence-corrected chi connectivity index (χ2v) is 6.67. The highest BCUT2D eigenvalue weighted by molar-refractivity contribution is 6.16. The van der Waals surface area contributed by atoms with Gasteiger partial charge < -0.3 is 4.90 Å². The molecule has 0 aliphatic carbocycles. The zero-order valence-electron chi connectivity index (χ0n) is 13.1. The molecule has 21 heavy (non-hydrogen) atoms. The van der Waals surface area contributed by atoms with Crippen molar-refractivity contribution < 1.29 is 14.4 Å². The number of carbonyl (C=O) groups is 3. The minimum Gasteiger partial charge on any atom is -0.306 e. The van der Waals surface area contributed by atoms with Gasteiger partial charge in [-0.25, -0.2) is 4.79 Å². The minimum absolute atomic E-state index is 0.0589. The van der Waals surface area contributed by atoms with Gasteiger partial charge in [-0.3, -0.25) is 19.8 Å². The first-order chi connectivity index (χ1) is 9.86. The van der Waals surface area contributed by atoms with Crippen molar-refractivity contribution in [2.75, 3.05) is 26.7 Å². The number of piperidine rings is 1. The van der Waals surface area contributed by atoms with Crippen LogP contribution in [-0.2, 0) is 9.59 Å². The number of hydrogen-bond acceptors (Lipinski definition) is 4. The SMILES string of the molecule is CCCC1C(=O)NC(=O)N(CC2(C)CCN(C)CC2)C1=O. The maximum absolute atomic E-state index is 12.5. The Hall–Kier alpha value is -1.43. The van der Waals surface area contributed by atoms with E-state index in [2.05, 4.69) is 24.2 Å². The van der Waals surface area contributed by atoms with E-state index in [1.54, 1.807) is 0 Å². The molecule has 0 radical (unpaired) electrons. The van der Waals surface area contributed by atoms with Gasteiger partial charge in [-0.05, 0) is 44.8 Å². The molecule has 0 bridgehead atoms. The number of nitrogens with one attached hydrogen (secondary N) is 1. The summed E-state index contributed by atoms with van der Waals surface area (Å²) in [5.41, 5.74) is -0.0589. The largest absolute Gasteiger partial charge is 0.330 e. The number of likely N-dealkylation sites (tertiary alicyclic amines) is 1. The van der Waals surface area contributed by atoms with Crippen molar-refractivity contribution >= 4 is 17.8 Å². The van der Waals surface area contributed by atoms with Gasteiger partial charge in [-0.1, -0.05) is 20.3 Å². The zero-order chi connectivity index (χ0) is 15.6. The van der Waals surface area contributed by atoms with Gasteiger partial charge in [-0.15, -0.1) is 0 Å². The van der Waals surface area contributed by atoms with Gasteiger partial charge in [0.2, 0.25) is 11.8 Å². The number of imide groups is 2. The number of barbiturate groups is 1. The Bertz CT molecular complexity index is 441. The quantitative estimate of drug-likeness (QED) is 0.792. The summed E-state index contributed by atoms with van der Waals surface area (Å²) < 4.78 is 0. The Labute approximate surface area is 125 Å². The van der Waals surface area contributed by atoms with E-state index in [0.717, 1.165) is 32.4 Å². The molecule has 118 valence electrons. The molecule has 0 aromatic heterocycles. The van der Waals surface area contributed by atoms with E-state index in [1.807, 2.05) is 6.92 Å². The predicted octanol–water partition coefficient (Wildman–Crippen LogP) is 1.21. The fourth-order valence-electron chi connectivity index (χ4n) is 3.05. The summed E-state index contributed by atoms with van der Waals surface area (Å²) in [6, 6.07) is -0.558. The molecular weight excluding hydrogens is 270 g/mol. The monoisotopic (exact) mass is 295 g/mol. The van der Waals surface area contributed by atoms with E-state index in [0.29, 0.717) is 13.0 Å². The van der Waals surface area contributed by atoms with Crippen LogP contribution in [0.15, 0.2) is 0 Å². The first-order valence-corrected chi connectivity index (χ1v) is 7.71. The highest BCUT2D eigenvalue weighted by atomic mass is 16.2. The second kappa shape index (κ2) is 6.13. The van der Waals surface area contributed by atoms with Gasteiger partial charge in [0.25, 0.3) is 0 Å². The maximum Gasteiger partial charge on any atom is 0.330 e. The molecule has 0 aromatic rings. The van der Waals surface area contributed by atoms with E-state index in [9.17, 15) is 14.4 Å². The van der Waals surface area contributed by atoms with Crippen molar-refractivity contribution in [3.05, 3.63) is 0 Å². The van der Waals surface area contributed by atoms with E-state index in [1.165, 1.54) is 4.90 Å². The molecule has 4 amide bonds. The Morgan fingerprint density at radius 1 is 1.24 bits per heavy atom. The molecule has 2 aliphatic heterocycles. The fourth-order valence-corrected chi connectivity index (χ4v) is 3.05. The van der Waals surface area contributed by atoms with Crippen LogP contribution in [-0.4, -0.2) is 54.3 Å². The van der Waals surface area contributed by atoms with Crippen molar-refractivity contribution in [1.29, 1.82) is 0 Å². The van der Waals surface area contributed by atoms with Crippen molar-refractivity contribution in [2.24, 2.45) is 11.3 Å².